The van der Waals surface area contributed by atoms with Crippen molar-refractivity contribution in [3.05, 3.63) is 35.7 Å². The molecule has 0 saturated heterocycles. The van der Waals surface area contributed by atoms with Gasteiger partial charge >= 0.3 is 5.97 Å². The maximum Gasteiger partial charge on any atom is 0.344 e. The lowest BCUT2D eigenvalue weighted by Gasteiger charge is -2.14. The lowest BCUT2D eigenvalue weighted by molar-refractivity contribution is -0.144. The molecule has 1 aromatic rings. The number of amides is 1. The molecule has 23 heavy (non-hydrogen) atoms. The molecule has 2 rings (SSSR count). The Balaban J connectivity index is 1.95. The molecule has 0 bridgehead atoms. The van der Waals surface area contributed by atoms with Crippen LogP contribution in [-0.2, 0) is 9.59 Å². The van der Waals surface area contributed by atoms with Gasteiger partial charge in [0.25, 0.3) is 0 Å². The summed E-state index contributed by atoms with van der Waals surface area (Å²) in [6.07, 6.45) is 5.45. The number of halogens is 1. The molecular weight excluding hydrogens is 301 g/mol. The highest BCUT2D eigenvalue weighted by molar-refractivity contribution is 5.92. The van der Waals surface area contributed by atoms with Crippen LogP contribution in [-0.4, -0.2) is 23.1 Å². The molecule has 1 aromatic carbocycles. The number of carboxylic acids is 1. The van der Waals surface area contributed by atoms with E-state index in [9.17, 15) is 14.0 Å². The van der Waals surface area contributed by atoms with Gasteiger partial charge in [0, 0.05) is 18.2 Å². The van der Waals surface area contributed by atoms with Crippen LogP contribution in [0.4, 0.5) is 10.1 Å². The Labute approximate surface area is 134 Å². The SMILES string of the molecule is CC(Oc1ccc(NC(=O)CC2=CCCCC2)cc1F)C(=O)O. The van der Waals surface area contributed by atoms with Gasteiger partial charge in [0.15, 0.2) is 17.7 Å². The zero-order valence-corrected chi connectivity index (χ0v) is 13.0. The van der Waals surface area contributed by atoms with E-state index in [1.54, 1.807) is 0 Å². The van der Waals surface area contributed by atoms with Crippen molar-refractivity contribution in [1.82, 2.24) is 0 Å². The molecule has 124 valence electrons. The number of carbonyl (C=O) groups is 2. The molecule has 0 aliphatic heterocycles. The average molecular weight is 321 g/mol. The predicted molar refractivity (Wildman–Crippen MR) is 83.9 cm³/mol. The van der Waals surface area contributed by atoms with Gasteiger partial charge in [-0.2, -0.15) is 0 Å². The summed E-state index contributed by atoms with van der Waals surface area (Å²) in [5.74, 6) is -2.24. The van der Waals surface area contributed by atoms with Crippen LogP contribution < -0.4 is 10.1 Å². The summed E-state index contributed by atoms with van der Waals surface area (Å²) in [6, 6.07) is 3.92. The summed E-state index contributed by atoms with van der Waals surface area (Å²) in [7, 11) is 0. The van der Waals surface area contributed by atoms with Crippen LogP contribution >= 0.6 is 0 Å². The predicted octanol–water partition coefficient (Wildman–Crippen LogP) is 3.51. The number of anilines is 1. The molecule has 1 aliphatic rings. The second-order valence-electron chi connectivity index (χ2n) is 5.58. The number of benzene rings is 1. The van der Waals surface area contributed by atoms with E-state index in [0.29, 0.717) is 12.1 Å². The quantitative estimate of drug-likeness (QED) is 0.786. The molecule has 0 aromatic heterocycles. The van der Waals surface area contributed by atoms with Crippen molar-refractivity contribution in [1.29, 1.82) is 0 Å². The number of nitrogens with one attached hydrogen (secondary N) is 1. The van der Waals surface area contributed by atoms with E-state index in [2.05, 4.69) is 11.4 Å². The third-order valence-corrected chi connectivity index (χ3v) is 3.64. The maximum absolute atomic E-state index is 13.9. The number of aliphatic carboxylic acids is 1. The molecule has 1 atom stereocenters. The number of carbonyl (C=O) groups excluding carboxylic acids is 1. The van der Waals surface area contributed by atoms with E-state index < -0.39 is 17.9 Å². The van der Waals surface area contributed by atoms with E-state index in [-0.39, 0.29) is 11.7 Å². The van der Waals surface area contributed by atoms with Crippen LogP contribution in [0.5, 0.6) is 5.75 Å². The molecule has 1 aliphatic carbocycles. The molecule has 0 heterocycles. The summed E-state index contributed by atoms with van der Waals surface area (Å²) in [6.45, 7) is 1.31. The Hall–Kier alpha value is -2.37. The third-order valence-electron chi connectivity index (χ3n) is 3.64. The van der Waals surface area contributed by atoms with E-state index in [4.69, 9.17) is 9.84 Å². The molecule has 0 saturated carbocycles. The second kappa shape index (κ2) is 7.76. The molecule has 0 fully saturated rings. The fraction of sp³-hybridized carbons (Fsp3) is 0.412. The number of rotatable bonds is 6. The van der Waals surface area contributed by atoms with Crippen LogP contribution in [0, 0.1) is 5.82 Å². The highest BCUT2D eigenvalue weighted by Gasteiger charge is 2.16. The first kappa shape index (κ1) is 17.0. The van der Waals surface area contributed by atoms with E-state index in [1.807, 2.05) is 0 Å². The monoisotopic (exact) mass is 321 g/mol. The van der Waals surface area contributed by atoms with Gasteiger partial charge in [0.05, 0.1) is 0 Å². The first-order valence-electron chi connectivity index (χ1n) is 7.62. The van der Waals surface area contributed by atoms with Crippen molar-refractivity contribution in [2.45, 2.75) is 45.1 Å². The lowest BCUT2D eigenvalue weighted by atomic mass is 9.97. The maximum atomic E-state index is 13.9. The number of carboxylic acid groups (broad SMARTS) is 1. The topological polar surface area (TPSA) is 75.6 Å². The molecule has 0 spiro atoms. The molecular formula is C17H20FNO4. The lowest BCUT2D eigenvalue weighted by Crippen LogP contribution is -2.23. The van der Waals surface area contributed by atoms with Gasteiger partial charge in [-0.1, -0.05) is 11.6 Å². The summed E-state index contributed by atoms with van der Waals surface area (Å²) in [5, 5.41) is 11.4. The Morgan fingerprint density at radius 1 is 1.39 bits per heavy atom. The summed E-state index contributed by atoms with van der Waals surface area (Å²) < 4.78 is 18.9. The molecule has 1 amide bonds. The minimum absolute atomic E-state index is 0.159. The Morgan fingerprint density at radius 2 is 2.17 bits per heavy atom. The van der Waals surface area contributed by atoms with Crippen molar-refractivity contribution >= 4 is 17.6 Å². The van der Waals surface area contributed by atoms with E-state index >= 15 is 0 Å². The largest absolute Gasteiger partial charge is 0.479 e. The molecule has 5 nitrogen and oxygen atoms in total. The van der Waals surface area contributed by atoms with Gasteiger partial charge in [-0.05, 0) is 44.7 Å². The fourth-order valence-corrected chi connectivity index (χ4v) is 2.39. The van der Waals surface area contributed by atoms with Gasteiger partial charge in [-0.25, -0.2) is 9.18 Å². The Morgan fingerprint density at radius 3 is 2.78 bits per heavy atom. The number of hydrogen-bond donors (Lipinski definition) is 2. The second-order valence-corrected chi connectivity index (χ2v) is 5.58. The van der Waals surface area contributed by atoms with Crippen LogP contribution in [0.3, 0.4) is 0 Å². The summed E-state index contributed by atoms with van der Waals surface area (Å²) in [4.78, 5) is 22.7. The van der Waals surface area contributed by atoms with Gasteiger partial charge in [0.1, 0.15) is 0 Å². The fourth-order valence-electron chi connectivity index (χ4n) is 2.39. The minimum Gasteiger partial charge on any atom is -0.479 e. The highest BCUT2D eigenvalue weighted by atomic mass is 19.1. The average Bonchev–Trinajstić information content (AvgIpc) is 2.50. The summed E-state index contributed by atoms with van der Waals surface area (Å²) >= 11 is 0. The van der Waals surface area contributed by atoms with Gasteiger partial charge in [-0.3, -0.25) is 4.79 Å². The van der Waals surface area contributed by atoms with Crippen LogP contribution in [0.25, 0.3) is 0 Å². The van der Waals surface area contributed by atoms with Gasteiger partial charge < -0.3 is 15.2 Å². The molecule has 6 heteroatoms. The zero-order valence-electron chi connectivity index (χ0n) is 13.0. The van der Waals surface area contributed by atoms with E-state index in [1.165, 1.54) is 19.1 Å². The Kier molecular flexibility index (Phi) is 5.73. The minimum atomic E-state index is -1.18. The van der Waals surface area contributed by atoms with Crippen molar-refractivity contribution in [2.75, 3.05) is 5.32 Å². The van der Waals surface area contributed by atoms with Crippen LogP contribution in [0.2, 0.25) is 0 Å². The van der Waals surface area contributed by atoms with Crippen LogP contribution in [0.1, 0.15) is 39.0 Å². The smallest absolute Gasteiger partial charge is 0.344 e. The van der Waals surface area contributed by atoms with Gasteiger partial charge in [-0.15, -0.1) is 0 Å². The molecule has 0 radical (unpaired) electrons. The molecule has 2 N–H and O–H groups in total. The van der Waals surface area contributed by atoms with Gasteiger partial charge in [0.2, 0.25) is 5.91 Å². The molecule has 1 unspecified atom stereocenters. The standard InChI is InChI=1S/C17H20FNO4/c1-11(17(21)22)23-15-8-7-13(10-14(15)18)19-16(20)9-12-5-3-2-4-6-12/h5,7-8,10-11H,2-4,6,9H2,1H3,(H,19,20)(H,21,22). The third kappa shape index (κ3) is 5.09. The van der Waals surface area contributed by atoms with Crippen molar-refractivity contribution in [3.63, 3.8) is 0 Å². The summed E-state index contributed by atoms with van der Waals surface area (Å²) in [5.41, 5.74) is 1.43. The first-order valence-corrected chi connectivity index (χ1v) is 7.62. The van der Waals surface area contributed by atoms with E-state index in [0.717, 1.165) is 37.3 Å². The normalized spacial score (nSPS) is 15.5. The van der Waals surface area contributed by atoms with Crippen molar-refractivity contribution < 1.29 is 23.8 Å². The van der Waals surface area contributed by atoms with Crippen molar-refractivity contribution in [3.8, 4) is 5.75 Å². The number of hydrogen-bond acceptors (Lipinski definition) is 3. The Bertz CT molecular complexity index is 627. The number of allylic oxidation sites excluding steroid dienone is 1. The zero-order chi connectivity index (χ0) is 16.8. The first-order chi connectivity index (χ1) is 11.0. The number of ether oxygens (including phenoxy) is 1. The highest BCUT2D eigenvalue weighted by Crippen LogP contribution is 2.24. The van der Waals surface area contributed by atoms with Crippen molar-refractivity contribution in [2.24, 2.45) is 0 Å². The van der Waals surface area contributed by atoms with Crippen LogP contribution in [0.15, 0.2) is 29.8 Å².